The summed E-state index contributed by atoms with van der Waals surface area (Å²) in [6.07, 6.45) is 0.578. The van der Waals surface area contributed by atoms with Gasteiger partial charge in [-0.05, 0) is 68.4 Å². The summed E-state index contributed by atoms with van der Waals surface area (Å²) < 4.78 is 15.8. The van der Waals surface area contributed by atoms with Gasteiger partial charge in [0, 0.05) is 6.42 Å². The number of benzene rings is 3. The van der Waals surface area contributed by atoms with E-state index in [4.69, 9.17) is 14.2 Å². The van der Waals surface area contributed by atoms with E-state index in [0.717, 1.165) is 34.0 Å². The summed E-state index contributed by atoms with van der Waals surface area (Å²) in [6, 6.07) is 25.1. The molecule has 0 aliphatic rings. The second-order valence-corrected chi connectivity index (χ2v) is 7.46. The zero-order valence-electron chi connectivity index (χ0n) is 21.3. The molecule has 3 N–H and O–H groups in total. The van der Waals surface area contributed by atoms with Crippen molar-refractivity contribution in [3.05, 3.63) is 95.6 Å². The van der Waals surface area contributed by atoms with Gasteiger partial charge in [-0.15, -0.1) is 0 Å². The van der Waals surface area contributed by atoms with Gasteiger partial charge < -0.3 is 25.1 Å². The first-order chi connectivity index (χ1) is 16.9. The Hall–Kier alpha value is -3.77. The molecule has 6 heteroatoms. The van der Waals surface area contributed by atoms with Crippen molar-refractivity contribution in [3.63, 3.8) is 0 Å². The van der Waals surface area contributed by atoms with Gasteiger partial charge in [0.25, 0.3) is 0 Å². The smallest absolute Gasteiger partial charge is 0.307 e. The Labute approximate surface area is 209 Å². The molecule has 0 spiro atoms. The lowest BCUT2D eigenvalue weighted by atomic mass is 9.97. The molecule has 3 rings (SSSR count). The quantitative estimate of drug-likeness (QED) is 0.392. The summed E-state index contributed by atoms with van der Waals surface area (Å²) >= 11 is 0. The Bertz CT molecular complexity index is 1010. The van der Waals surface area contributed by atoms with E-state index in [0.29, 0.717) is 13.0 Å². The first-order valence-corrected chi connectivity index (χ1v) is 11.3. The molecule has 0 amide bonds. The van der Waals surface area contributed by atoms with Crippen LogP contribution in [-0.4, -0.2) is 38.9 Å². The first kappa shape index (κ1) is 29.3. The number of aryl methyl sites for hydroxylation is 1. The van der Waals surface area contributed by atoms with Crippen LogP contribution in [0, 0.1) is 6.92 Å². The maximum Gasteiger partial charge on any atom is 0.307 e. The Balaban J connectivity index is 0.000000464. The minimum Gasteiger partial charge on any atom is -0.497 e. The van der Waals surface area contributed by atoms with Crippen LogP contribution >= 0.6 is 0 Å². The number of ether oxygens (including phenoxy) is 3. The second-order valence-electron chi connectivity index (χ2n) is 7.46. The van der Waals surface area contributed by atoms with E-state index < -0.39 is 5.97 Å². The largest absolute Gasteiger partial charge is 0.497 e. The molecule has 0 aliphatic carbocycles. The molecule has 0 radical (unpaired) electrons. The lowest BCUT2D eigenvalue weighted by molar-refractivity contribution is -0.136. The van der Waals surface area contributed by atoms with Gasteiger partial charge in [0.15, 0.2) is 0 Å². The molecule has 0 unspecified atom stereocenters. The fourth-order valence-corrected chi connectivity index (χ4v) is 3.12. The average Bonchev–Trinajstić information content (AvgIpc) is 2.90. The van der Waals surface area contributed by atoms with E-state index in [1.807, 2.05) is 85.8 Å². The molecular formula is C29H37NO5. The number of allylic oxidation sites excluding steroid dienone is 1. The van der Waals surface area contributed by atoms with Crippen LogP contribution in [0.4, 0.5) is 0 Å². The number of methoxy groups -OCH3 is 2. The van der Waals surface area contributed by atoms with Crippen molar-refractivity contribution in [2.45, 2.75) is 26.7 Å². The summed E-state index contributed by atoms with van der Waals surface area (Å²) in [6.45, 7) is 4.45. The highest BCUT2D eigenvalue weighted by atomic mass is 16.5. The van der Waals surface area contributed by atoms with Gasteiger partial charge in [-0.3, -0.25) is 4.79 Å². The summed E-state index contributed by atoms with van der Waals surface area (Å²) in [7, 11) is 4.79. The molecule has 188 valence electrons. The van der Waals surface area contributed by atoms with Crippen molar-refractivity contribution in [3.8, 4) is 17.2 Å². The number of carbonyl (C=O) groups is 1. The normalized spacial score (nSPS) is 10.5. The molecule has 0 heterocycles. The van der Waals surface area contributed by atoms with E-state index in [2.05, 4.69) is 12.7 Å². The van der Waals surface area contributed by atoms with E-state index in [9.17, 15) is 9.90 Å². The minimum absolute atomic E-state index is 0.00993. The van der Waals surface area contributed by atoms with E-state index in [-0.39, 0.29) is 6.42 Å². The summed E-state index contributed by atoms with van der Waals surface area (Å²) in [5.74, 6) is 1.64. The topological polar surface area (TPSA) is 91.0 Å². The highest BCUT2D eigenvalue weighted by Crippen LogP contribution is 2.25. The predicted octanol–water partition coefficient (Wildman–Crippen LogP) is 5.99. The van der Waals surface area contributed by atoms with E-state index in [1.54, 1.807) is 14.2 Å². The molecule has 0 bridgehead atoms. The van der Waals surface area contributed by atoms with Crippen molar-refractivity contribution in [1.29, 1.82) is 0 Å². The lowest BCUT2D eigenvalue weighted by Gasteiger charge is -2.13. The number of para-hydroxylation sites is 1. The van der Waals surface area contributed by atoms with Crippen molar-refractivity contribution in [2.75, 3.05) is 27.9 Å². The molecule has 0 aromatic heterocycles. The summed E-state index contributed by atoms with van der Waals surface area (Å²) in [4.78, 5) is 11.2. The van der Waals surface area contributed by atoms with Crippen molar-refractivity contribution in [1.82, 2.24) is 0 Å². The van der Waals surface area contributed by atoms with Crippen LogP contribution in [0.1, 0.15) is 30.9 Å². The van der Waals surface area contributed by atoms with Gasteiger partial charge in [0.05, 0.1) is 27.2 Å². The number of rotatable bonds is 9. The van der Waals surface area contributed by atoms with Crippen LogP contribution in [0.2, 0.25) is 0 Å². The van der Waals surface area contributed by atoms with Gasteiger partial charge in [-0.2, -0.15) is 0 Å². The van der Waals surface area contributed by atoms with Gasteiger partial charge in [-0.1, -0.05) is 53.6 Å². The van der Waals surface area contributed by atoms with E-state index >= 15 is 0 Å². The van der Waals surface area contributed by atoms with Crippen LogP contribution in [0.25, 0.3) is 5.57 Å². The van der Waals surface area contributed by atoms with Crippen LogP contribution in [0.5, 0.6) is 17.2 Å². The Morgan fingerprint density at radius 1 is 0.800 bits per heavy atom. The molecule has 3 aromatic rings. The lowest BCUT2D eigenvalue weighted by Crippen LogP contribution is -2.05. The Kier molecular flexibility index (Phi) is 14.0. The zero-order chi connectivity index (χ0) is 26.1. The van der Waals surface area contributed by atoms with Crippen LogP contribution in [-0.2, 0) is 4.79 Å². The fourth-order valence-electron chi connectivity index (χ4n) is 3.12. The standard InChI is InChI=1S/C20H22O4.C8H10O.CH5N/c1-15(16-8-10-18(23-2)11-9-16)17(14-20(21)22)12-13-24-19-6-4-3-5-7-19;1-7-3-5-8(9-2)6-4-7;1-2/h3-11H,12-14H2,1-2H3,(H,21,22);3-6H,1-2H3;2H2,1H3/b17-15-;;. The highest BCUT2D eigenvalue weighted by Gasteiger charge is 2.10. The molecule has 0 atom stereocenters. The minimum atomic E-state index is -0.836. The average molecular weight is 480 g/mol. The summed E-state index contributed by atoms with van der Waals surface area (Å²) in [5, 5.41) is 9.18. The summed E-state index contributed by atoms with van der Waals surface area (Å²) in [5.41, 5.74) is 8.59. The SMILES string of the molecule is CN.COc1ccc(/C(C)=C(/CCOc2ccccc2)CC(=O)O)cc1.COc1ccc(C)cc1. The van der Waals surface area contributed by atoms with Crippen LogP contribution in [0.3, 0.4) is 0 Å². The second kappa shape index (κ2) is 16.8. The van der Waals surface area contributed by atoms with Gasteiger partial charge in [0.2, 0.25) is 0 Å². The molecule has 0 saturated carbocycles. The monoisotopic (exact) mass is 479 g/mol. The molecular weight excluding hydrogens is 442 g/mol. The van der Waals surface area contributed by atoms with E-state index in [1.165, 1.54) is 12.6 Å². The number of carboxylic acids is 1. The zero-order valence-corrected chi connectivity index (χ0v) is 21.3. The van der Waals surface area contributed by atoms with Crippen molar-refractivity contribution < 1.29 is 24.1 Å². The Morgan fingerprint density at radius 3 is 1.80 bits per heavy atom. The molecule has 0 saturated heterocycles. The predicted molar refractivity (Wildman–Crippen MR) is 142 cm³/mol. The molecule has 0 aliphatic heterocycles. The van der Waals surface area contributed by atoms with Crippen molar-refractivity contribution >= 4 is 11.5 Å². The van der Waals surface area contributed by atoms with Crippen LogP contribution < -0.4 is 19.9 Å². The molecule has 6 nitrogen and oxygen atoms in total. The number of carboxylic acid groups (broad SMARTS) is 1. The van der Waals surface area contributed by atoms with Crippen LogP contribution in [0.15, 0.2) is 84.4 Å². The van der Waals surface area contributed by atoms with Gasteiger partial charge in [0.1, 0.15) is 17.2 Å². The number of aliphatic carboxylic acids is 1. The maximum absolute atomic E-state index is 11.2. The number of hydrogen-bond acceptors (Lipinski definition) is 5. The number of nitrogens with two attached hydrogens (primary N) is 1. The first-order valence-electron chi connectivity index (χ1n) is 11.3. The van der Waals surface area contributed by atoms with Gasteiger partial charge in [-0.25, -0.2) is 0 Å². The molecule has 3 aromatic carbocycles. The third kappa shape index (κ3) is 11.3. The van der Waals surface area contributed by atoms with Crippen molar-refractivity contribution in [2.24, 2.45) is 5.73 Å². The third-order valence-electron chi connectivity index (χ3n) is 5.09. The molecule has 0 fully saturated rings. The third-order valence-corrected chi connectivity index (χ3v) is 5.09. The molecule has 35 heavy (non-hydrogen) atoms. The van der Waals surface area contributed by atoms with Gasteiger partial charge >= 0.3 is 5.97 Å². The highest BCUT2D eigenvalue weighted by molar-refractivity contribution is 5.76. The fraction of sp³-hybridized carbons (Fsp3) is 0.276. The number of hydrogen-bond donors (Lipinski definition) is 2. The Morgan fingerprint density at radius 2 is 1.31 bits per heavy atom. The maximum atomic E-state index is 11.2.